The molecule has 20 heavy (non-hydrogen) atoms. The van der Waals surface area contributed by atoms with E-state index < -0.39 is 5.60 Å². The van der Waals surface area contributed by atoms with Gasteiger partial charge in [-0.25, -0.2) is 4.98 Å². The van der Waals surface area contributed by atoms with Gasteiger partial charge in [-0.15, -0.1) is 11.3 Å². The lowest BCUT2D eigenvalue weighted by Crippen LogP contribution is -2.35. The number of nitrogens with zero attached hydrogens (tertiary/aromatic N) is 2. The molecule has 0 amide bonds. The van der Waals surface area contributed by atoms with Gasteiger partial charge in [-0.1, -0.05) is 23.7 Å². The third-order valence-electron chi connectivity index (χ3n) is 2.73. The molecule has 0 unspecified atom stereocenters. The van der Waals surface area contributed by atoms with Crippen molar-refractivity contribution < 1.29 is 5.11 Å². The van der Waals surface area contributed by atoms with Crippen LogP contribution in [-0.4, -0.2) is 34.2 Å². The van der Waals surface area contributed by atoms with Crippen LogP contribution in [0.4, 0.5) is 0 Å². The van der Waals surface area contributed by atoms with Crippen molar-refractivity contribution in [2.45, 2.75) is 26.0 Å². The van der Waals surface area contributed by atoms with Gasteiger partial charge in [-0.05, 0) is 33.0 Å². The molecule has 3 nitrogen and oxygen atoms in total. The van der Waals surface area contributed by atoms with Gasteiger partial charge < -0.3 is 5.11 Å². The molecule has 0 saturated carbocycles. The molecule has 5 heteroatoms. The summed E-state index contributed by atoms with van der Waals surface area (Å²) < 4.78 is 0. The van der Waals surface area contributed by atoms with E-state index in [0.717, 1.165) is 27.8 Å². The lowest BCUT2D eigenvalue weighted by Gasteiger charge is -2.24. The van der Waals surface area contributed by atoms with E-state index in [1.807, 2.05) is 45.2 Å². The highest BCUT2D eigenvalue weighted by Crippen LogP contribution is 2.25. The van der Waals surface area contributed by atoms with Crippen molar-refractivity contribution in [1.82, 2.24) is 9.88 Å². The summed E-state index contributed by atoms with van der Waals surface area (Å²) in [5, 5.41) is 13.6. The van der Waals surface area contributed by atoms with Gasteiger partial charge in [-0.2, -0.15) is 0 Å². The average molecular weight is 311 g/mol. The molecule has 0 spiro atoms. The maximum atomic E-state index is 9.80. The molecular weight excluding hydrogens is 292 g/mol. The number of hydrogen-bond donors (Lipinski definition) is 1. The first-order chi connectivity index (χ1) is 9.33. The van der Waals surface area contributed by atoms with Gasteiger partial charge in [0.15, 0.2) is 0 Å². The Balaban J connectivity index is 2.04. The second kappa shape index (κ2) is 6.22. The number of benzene rings is 1. The van der Waals surface area contributed by atoms with E-state index in [4.69, 9.17) is 11.6 Å². The van der Waals surface area contributed by atoms with Crippen LogP contribution in [0.25, 0.3) is 10.6 Å². The number of rotatable bonds is 5. The van der Waals surface area contributed by atoms with Gasteiger partial charge in [-0.3, -0.25) is 4.90 Å². The number of aromatic nitrogens is 1. The van der Waals surface area contributed by atoms with Crippen LogP contribution >= 0.6 is 22.9 Å². The van der Waals surface area contributed by atoms with Crippen molar-refractivity contribution >= 4 is 22.9 Å². The number of halogens is 1. The quantitative estimate of drug-likeness (QED) is 0.915. The second-order valence-electron chi connectivity index (χ2n) is 5.64. The van der Waals surface area contributed by atoms with Crippen molar-refractivity contribution in [2.75, 3.05) is 13.6 Å². The van der Waals surface area contributed by atoms with Gasteiger partial charge in [0.25, 0.3) is 0 Å². The van der Waals surface area contributed by atoms with Crippen LogP contribution in [0.15, 0.2) is 29.6 Å². The summed E-state index contributed by atoms with van der Waals surface area (Å²) in [6, 6.07) is 7.70. The summed E-state index contributed by atoms with van der Waals surface area (Å²) in [6.45, 7) is 4.96. The Morgan fingerprint density at radius 3 is 2.55 bits per heavy atom. The van der Waals surface area contributed by atoms with Crippen LogP contribution < -0.4 is 0 Å². The summed E-state index contributed by atoms with van der Waals surface area (Å²) in [5.41, 5.74) is 1.41. The van der Waals surface area contributed by atoms with E-state index in [1.54, 1.807) is 11.3 Å². The highest BCUT2D eigenvalue weighted by Gasteiger charge is 2.16. The van der Waals surface area contributed by atoms with Crippen LogP contribution in [0.5, 0.6) is 0 Å². The molecule has 0 atom stereocenters. The third kappa shape index (κ3) is 4.56. The first-order valence-corrected chi connectivity index (χ1v) is 7.70. The molecular formula is C15H19ClN2OS. The topological polar surface area (TPSA) is 36.4 Å². The summed E-state index contributed by atoms with van der Waals surface area (Å²) >= 11 is 7.51. The maximum Gasteiger partial charge on any atom is 0.123 e. The first-order valence-electron chi connectivity index (χ1n) is 6.45. The minimum Gasteiger partial charge on any atom is -0.389 e. The number of likely N-dealkylation sites (N-methyl/N-ethyl adjacent to an activating group) is 1. The zero-order valence-corrected chi connectivity index (χ0v) is 13.5. The Bertz CT molecular complexity index is 560. The summed E-state index contributed by atoms with van der Waals surface area (Å²) in [4.78, 5) is 6.70. The second-order valence-corrected chi connectivity index (χ2v) is 6.93. The molecule has 2 aromatic rings. The Morgan fingerprint density at radius 1 is 1.30 bits per heavy atom. The lowest BCUT2D eigenvalue weighted by atomic mass is 10.1. The number of aliphatic hydroxyl groups is 1. The monoisotopic (exact) mass is 310 g/mol. The van der Waals surface area contributed by atoms with Crippen LogP contribution in [0.1, 0.15) is 19.5 Å². The largest absolute Gasteiger partial charge is 0.389 e. The molecule has 1 N–H and O–H groups in total. The maximum absolute atomic E-state index is 9.80. The molecule has 0 fully saturated rings. The molecule has 0 aliphatic carbocycles. The van der Waals surface area contributed by atoms with Gasteiger partial charge in [0, 0.05) is 29.1 Å². The molecule has 0 saturated heterocycles. The van der Waals surface area contributed by atoms with Crippen molar-refractivity contribution in [1.29, 1.82) is 0 Å². The Labute approximate surface area is 128 Å². The zero-order chi connectivity index (χ0) is 14.8. The van der Waals surface area contributed by atoms with Gasteiger partial charge in [0.1, 0.15) is 5.01 Å². The molecule has 1 heterocycles. The van der Waals surface area contributed by atoms with E-state index in [1.165, 1.54) is 0 Å². The fourth-order valence-corrected chi connectivity index (χ4v) is 3.04. The van der Waals surface area contributed by atoms with Crippen molar-refractivity contribution in [3.05, 3.63) is 40.4 Å². The Hall–Kier alpha value is -0.940. The normalized spacial score (nSPS) is 12.1. The Morgan fingerprint density at radius 2 is 1.95 bits per heavy atom. The molecule has 0 aliphatic heterocycles. The van der Waals surface area contributed by atoms with E-state index in [2.05, 4.69) is 15.3 Å². The molecule has 0 radical (unpaired) electrons. The average Bonchev–Trinajstić information content (AvgIpc) is 2.75. The molecule has 0 bridgehead atoms. The van der Waals surface area contributed by atoms with Gasteiger partial charge >= 0.3 is 0 Å². The van der Waals surface area contributed by atoms with E-state index in [0.29, 0.717) is 6.54 Å². The lowest BCUT2D eigenvalue weighted by molar-refractivity contribution is 0.0422. The van der Waals surface area contributed by atoms with Gasteiger partial charge in [0.05, 0.1) is 11.3 Å². The van der Waals surface area contributed by atoms with Gasteiger partial charge in [0.2, 0.25) is 0 Å². The summed E-state index contributed by atoms with van der Waals surface area (Å²) in [5.74, 6) is 0. The van der Waals surface area contributed by atoms with Crippen LogP contribution in [0, 0.1) is 0 Å². The van der Waals surface area contributed by atoms with Crippen molar-refractivity contribution in [3.63, 3.8) is 0 Å². The fourth-order valence-electron chi connectivity index (χ4n) is 2.10. The SMILES string of the molecule is CN(Cc1csc(-c2ccc(Cl)cc2)n1)CC(C)(C)O. The first kappa shape index (κ1) is 15.4. The van der Waals surface area contributed by atoms with E-state index >= 15 is 0 Å². The van der Waals surface area contributed by atoms with Crippen LogP contribution in [-0.2, 0) is 6.54 Å². The predicted octanol–water partition coefficient (Wildman–Crippen LogP) is 3.67. The molecule has 108 valence electrons. The zero-order valence-electron chi connectivity index (χ0n) is 11.9. The minimum absolute atomic E-state index is 0.612. The standard InChI is InChI=1S/C15H19ClN2OS/c1-15(2,19)10-18(3)8-13-9-20-14(17-13)11-4-6-12(16)7-5-11/h4-7,9,19H,8,10H2,1-3H3. The smallest absolute Gasteiger partial charge is 0.123 e. The number of hydrogen-bond acceptors (Lipinski definition) is 4. The summed E-state index contributed by atoms with van der Waals surface area (Å²) in [7, 11) is 1.99. The predicted molar refractivity (Wildman–Crippen MR) is 85.2 cm³/mol. The minimum atomic E-state index is -0.691. The van der Waals surface area contributed by atoms with Crippen molar-refractivity contribution in [2.24, 2.45) is 0 Å². The van der Waals surface area contributed by atoms with Crippen LogP contribution in [0.2, 0.25) is 5.02 Å². The fraction of sp³-hybridized carbons (Fsp3) is 0.400. The Kier molecular flexibility index (Phi) is 4.81. The molecule has 2 rings (SSSR count). The highest BCUT2D eigenvalue weighted by molar-refractivity contribution is 7.13. The molecule has 0 aliphatic rings. The van der Waals surface area contributed by atoms with Crippen LogP contribution in [0.3, 0.4) is 0 Å². The van der Waals surface area contributed by atoms with E-state index in [9.17, 15) is 5.11 Å². The molecule has 1 aromatic carbocycles. The number of thiazole rings is 1. The van der Waals surface area contributed by atoms with Crippen molar-refractivity contribution in [3.8, 4) is 10.6 Å². The van der Waals surface area contributed by atoms with E-state index in [-0.39, 0.29) is 0 Å². The third-order valence-corrected chi connectivity index (χ3v) is 3.92. The molecule has 1 aromatic heterocycles. The highest BCUT2D eigenvalue weighted by atomic mass is 35.5. The summed E-state index contributed by atoms with van der Waals surface area (Å²) in [6.07, 6.45) is 0.